The van der Waals surface area contributed by atoms with Crippen LogP contribution in [-0.2, 0) is 14.6 Å². The number of aromatic nitrogens is 1. The third-order valence-corrected chi connectivity index (χ3v) is 8.58. The van der Waals surface area contributed by atoms with E-state index in [1.807, 2.05) is 0 Å². The van der Waals surface area contributed by atoms with E-state index < -0.39 is 15.7 Å². The van der Waals surface area contributed by atoms with Crippen molar-refractivity contribution < 1.29 is 17.6 Å². The monoisotopic (exact) mass is 475 g/mol. The number of thiazole rings is 1. The van der Waals surface area contributed by atoms with Crippen LogP contribution in [0.15, 0.2) is 41.3 Å². The molecule has 2 heterocycles. The number of hydrogen-bond acceptors (Lipinski definition) is 6. The zero-order valence-electron chi connectivity index (χ0n) is 18.2. The maximum atomic E-state index is 13.0. The lowest BCUT2D eigenvalue weighted by Gasteiger charge is -2.34. The minimum absolute atomic E-state index is 0.0327. The molecule has 170 valence electrons. The second-order valence-electron chi connectivity index (χ2n) is 8.17. The SMILES string of the molecule is Cc1cc(C)c2nc(N3CCN(C(=O)CCCS(=O)(=O)c4ccc(F)cc4)CC3)sc2c1. The Morgan fingerprint density at radius 2 is 1.78 bits per heavy atom. The Labute approximate surface area is 191 Å². The van der Waals surface area contributed by atoms with Gasteiger partial charge in [0.25, 0.3) is 0 Å². The standard InChI is InChI=1S/C23H26FN3O3S2/c1-16-14-17(2)22-20(15-16)31-23(25-22)27-11-9-26(10-12-27)21(28)4-3-13-32(29,30)19-7-5-18(24)6-8-19/h5-8,14-15H,3-4,9-13H2,1-2H3. The number of piperazine rings is 1. The van der Waals surface area contributed by atoms with Gasteiger partial charge in [0.2, 0.25) is 5.91 Å². The molecule has 3 aromatic rings. The quantitative estimate of drug-likeness (QED) is 0.505. The number of amides is 1. The second kappa shape index (κ2) is 9.15. The number of carbonyl (C=O) groups excluding carboxylic acids is 1. The third kappa shape index (κ3) is 4.94. The molecule has 2 aromatic carbocycles. The first-order chi connectivity index (χ1) is 15.2. The largest absolute Gasteiger partial charge is 0.345 e. The highest BCUT2D eigenvalue weighted by atomic mass is 32.2. The molecule has 1 aliphatic rings. The van der Waals surface area contributed by atoms with Crippen LogP contribution < -0.4 is 4.90 Å². The fraction of sp³-hybridized carbons (Fsp3) is 0.391. The Morgan fingerprint density at radius 3 is 2.47 bits per heavy atom. The van der Waals surface area contributed by atoms with Crippen molar-refractivity contribution in [3.8, 4) is 0 Å². The molecular weight excluding hydrogens is 449 g/mol. The Morgan fingerprint density at radius 1 is 1.09 bits per heavy atom. The van der Waals surface area contributed by atoms with Gasteiger partial charge >= 0.3 is 0 Å². The number of fused-ring (bicyclic) bond motifs is 1. The number of sulfone groups is 1. The summed E-state index contributed by atoms with van der Waals surface area (Å²) in [6.45, 7) is 6.76. The summed E-state index contributed by atoms with van der Waals surface area (Å²) in [4.78, 5) is 21.5. The first kappa shape index (κ1) is 22.7. The van der Waals surface area contributed by atoms with Crippen LogP contribution in [0.5, 0.6) is 0 Å². The Hall–Kier alpha value is -2.52. The molecule has 9 heteroatoms. The van der Waals surface area contributed by atoms with E-state index in [2.05, 4.69) is 30.9 Å². The molecule has 4 rings (SSSR count). The van der Waals surface area contributed by atoms with Gasteiger partial charge in [-0.25, -0.2) is 17.8 Å². The van der Waals surface area contributed by atoms with Gasteiger partial charge in [-0.15, -0.1) is 0 Å². The number of rotatable bonds is 6. The van der Waals surface area contributed by atoms with Crippen LogP contribution in [0.1, 0.15) is 24.0 Å². The molecule has 1 fully saturated rings. The molecule has 0 atom stereocenters. The lowest BCUT2D eigenvalue weighted by molar-refractivity contribution is -0.131. The van der Waals surface area contributed by atoms with E-state index in [9.17, 15) is 17.6 Å². The first-order valence-corrected chi connectivity index (χ1v) is 13.1. The van der Waals surface area contributed by atoms with Crippen LogP contribution in [0.2, 0.25) is 0 Å². The fourth-order valence-corrected chi connectivity index (χ4v) is 6.48. The Bertz CT molecular complexity index is 1230. The van der Waals surface area contributed by atoms with E-state index in [1.165, 1.54) is 28.0 Å². The highest BCUT2D eigenvalue weighted by Gasteiger charge is 2.24. The molecule has 32 heavy (non-hydrogen) atoms. The molecule has 1 aliphatic heterocycles. The number of carbonyl (C=O) groups is 1. The molecule has 0 saturated carbocycles. The van der Waals surface area contributed by atoms with Crippen molar-refractivity contribution in [2.75, 3.05) is 36.8 Å². The molecule has 1 amide bonds. The van der Waals surface area contributed by atoms with Gasteiger partial charge < -0.3 is 9.80 Å². The maximum Gasteiger partial charge on any atom is 0.222 e. The molecule has 1 aromatic heterocycles. The normalized spacial score (nSPS) is 14.8. The smallest absolute Gasteiger partial charge is 0.222 e. The van der Waals surface area contributed by atoms with Crippen molar-refractivity contribution in [3.05, 3.63) is 53.3 Å². The second-order valence-corrected chi connectivity index (χ2v) is 11.3. The van der Waals surface area contributed by atoms with Crippen LogP contribution in [0, 0.1) is 19.7 Å². The first-order valence-electron chi connectivity index (χ1n) is 10.6. The van der Waals surface area contributed by atoms with E-state index in [4.69, 9.17) is 4.98 Å². The van der Waals surface area contributed by atoms with Gasteiger partial charge in [-0.3, -0.25) is 4.79 Å². The summed E-state index contributed by atoms with van der Waals surface area (Å²) < 4.78 is 38.9. The van der Waals surface area contributed by atoms with Gasteiger partial charge in [0, 0.05) is 32.6 Å². The molecular formula is C23H26FN3O3S2. The lowest BCUT2D eigenvalue weighted by Crippen LogP contribution is -2.48. The number of aryl methyl sites for hydroxylation is 2. The average Bonchev–Trinajstić information content (AvgIpc) is 3.18. The number of anilines is 1. The van der Waals surface area contributed by atoms with Crippen LogP contribution in [0.25, 0.3) is 10.2 Å². The van der Waals surface area contributed by atoms with E-state index in [0.717, 1.165) is 22.8 Å². The fourth-order valence-electron chi connectivity index (χ4n) is 3.97. The summed E-state index contributed by atoms with van der Waals surface area (Å²) in [5.41, 5.74) is 3.44. The third-order valence-electron chi connectivity index (χ3n) is 5.70. The van der Waals surface area contributed by atoms with Crippen molar-refractivity contribution in [2.24, 2.45) is 0 Å². The Kier molecular flexibility index (Phi) is 6.48. The van der Waals surface area contributed by atoms with E-state index in [1.54, 1.807) is 16.2 Å². The summed E-state index contributed by atoms with van der Waals surface area (Å²) in [5, 5.41) is 0.978. The van der Waals surface area contributed by atoms with E-state index in [-0.39, 0.29) is 29.4 Å². The molecule has 0 aliphatic carbocycles. The molecule has 0 bridgehead atoms. The summed E-state index contributed by atoms with van der Waals surface area (Å²) in [7, 11) is -3.52. The van der Waals surface area contributed by atoms with Crippen LogP contribution in [0.3, 0.4) is 0 Å². The van der Waals surface area contributed by atoms with Crippen molar-refractivity contribution in [1.82, 2.24) is 9.88 Å². The number of hydrogen-bond donors (Lipinski definition) is 0. The highest BCUT2D eigenvalue weighted by Crippen LogP contribution is 2.32. The number of nitrogens with zero attached hydrogens (tertiary/aromatic N) is 3. The summed E-state index contributed by atoms with van der Waals surface area (Å²) >= 11 is 1.68. The number of benzene rings is 2. The van der Waals surface area contributed by atoms with E-state index in [0.29, 0.717) is 26.2 Å². The van der Waals surface area contributed by atoms with Crippen molar-refractivity contribution in [1.29, 1.82) is 0 Å². The molecule has 0 radical (unpaired) electrons. The molecule has 0 spiro atoms. The van der Waals surface area contributed by atoms with E-state index >= 15 is 0 Å². The molecule has 1 saturated heterocycles. The van der Waals surface area contributed by atoms with Crippen LogP contribution in [-0.4, -0.2) is 56.1 Å². The van der Waals surface area contributed by atoms with Gasteiger partial charge in [-0.2, -0.15) is 0 Å². The van der Waals surface area contributed by atoms with Gasteiger partial charge in [-0.1, -0.05) is 17.4 Å². The summed E-state index contributed by atoms with van der Waals surface area (Å²) in [6, 6.07) is 9.08. The van der Waals surface area contributed by atoms with Gasteiger partial charge in [0.15, 0.2) is 15.0 Å². The number of halogens is 1. The minimum atomic E-state index is -3.52. The lowest BCUT2D eigenvalue weighted by atomic mass is 10.1. The summed E-state index contributed by atoms with van der Waals surface area (Å²) in [5.74, 6) is -0.640. The van der Waals surface area contributed by atoms with Crippen LogP contribution >= 0.6 is 11.3 Å². The zero-order valence-corrected chi connectivity index (χ0v) is 19.8. The topological polar surface area (TPSA) is 70.6 Å². The molecule has 0 unspecified atom stereocenters. The predicted octanol–water partition coefficient (Wildman–Crippen LogP) is 3.95. The average molecular weight is 476 g/mol. The van der Waals surface area contributed by atoms with Crippen LogP contribution in [0.4, 0.5) is 9.52 Å². The highest BCUT2D eigenvalue weighted by molar-refractivity contribution is 7.91. The predicted molar refractivity (Wildman–Crippen MR) is 126 cm³/mol. The van der Waals surface area contributed by atoms with Crippen molar-refractivity contribution in [3.63, 3.8) is 0 Å². The molecule has 6 nitrogen and oxygen atoms in total. The maximum absolute atomic E-state index is 13.0. The minimum Gasteiger partial charge on any atom is -0.345 e. The van der Waals surface area contributed by atoms with Crippen molar-refractivity contribution in [2.45, 2.75) is 31.6 Å². The zero-order chi connectivity index (χ0) is 22.9. The Balaban J connectivity index is 1.29. The van der Waals surface area contributed by atoms with Gasteiger partial charge in [-0.05, 0) is 61.7 Å². The van der Waals surface area contributed by atoms with Crippen molar-refractivity contribution >= 4 is 42.4 Å². The van der Waals surface area contributed by atoms with Gasteiger partial charge in [0.05, 0.1) is 20.9 Å². The summed E-state index contributed by atoms with van der Waals surface area (Å²) in [6.07, 6.45) is 0.426. The van der Waals surface area contributed by atoms with Gasteiger partial charge in [0.1, 0.15) is 5.82 Å². The molecule has 0 N–H and O–H groups in total.